The van der Waals surface area contributed by atoms with Crippen LogP contribution in [0.25, 0.3) is 10.9 Å². The van der Waals surface area contributed by atoms with Crippen molar-refractivity contribution in [3.63, 3.8) is 0 Å². The normalized spacial score (nSPS) is 11.2. The van der Waals surface area contributed by atoms with E-state index >= 15 is 0 Å². The number of pyridine rings is 1. The van der Waals surface area contributed by atoms with Crippen molar-refractivity contribution in [2.45, 2.75) is 20.3 Å². The molecule has 0 aliphatic rings. The maximum atomic E-state index is 13.4. The van der Waals surface area contributed by atoms with Crippen LogP contribution in [0.4, 0.5) is 18.9 Å². The van der Waals surface area contributed by atoms with E-state index in [1.54, 1.807) is 6.92 Å². The van der Waals surface area contributed by atoms with E-state index in [-0.39, 0.29) is 5.69 Å². The van der Waals surface area contributed by atoms with Crippen molar-refractivity contribution in [3.8, 4) is 0 Å². The third-order valence-electron chi connectivity index (χ3n) is 2.68. The summed E-state index contributed by atoms with van der Waals surface area (Å²) in [5, 5.41) is 3.49. The van der Waals surface area contributed by atoms with Crippen LogP contribution in [0, 0.1) is 12.7 Å². The summed E-state index contributed by atoms with van der Waals surface area (Å²) in [5.41, 5.74) is 1.14. The molecule has 0 aliphatic carbocycles. The predicted molar refractivity (Wildman–Crippen MR) is 65.6 cm³/mol. The van der Waals surface area contributed by atoms with Crippen LogP contribution in [0.1, 0.15) is 24.6 Å². The number of fused-ring (bicyclic) bond motifs is 1. The summed E-state index contributed by atoms with van der Waals surface area (Å²) in [7, 11) is 0. The molecule has 1 N–H and O–H groups in total. The van der Waals surface area contributed by atoms with Crippen molar-refractivity contribution in [1.29, 1.82) is 0 Å². The fourth-order valence-corrected chi connectivity index (χ4v) is 1.92. The average Bonchev–Trinajstić information content (AvgIpc) is 2.29. The molecule has 2 nitrogen and oxygen atoms in total. The molecule has 0 saturated heterocycles. The summed E-state index contributed by atoms with van der Waals surface area (Å²) in [6, 6.07) is 3.87. The lowest BCUT2D eigenvalue weighted by Crippen LogP contribution is -2.02. The molecule has 0 aliphatic heterocycles. The van der Waals surface area contributed by atoms with Gasteiger partial charge in [0.05, 0.1) is 5.52 Å². The monoisotopic (exact) mass is 254 g/mol. The number of rotatable bonds is 3. The second-order valence-corrected chi connectivity index (χ2v) is 4.04. The predicted octanol–water partition coefficient (Wildman–Crippen LogP) is 4.05. The summed E-state index contributed by atoms with van der Waals surface area (Å²) in [4.78, 5) is 3.90. The third-order valence-corrected chi connectivity index (χ3v) is 2.68. The standard InChI is InChI=1S/C13H13F3N2/c1-3-17-10-6-11(13(15)16)18-12-7(2)4-8(14)5-9(10)12/h4-6,13H,3H2,1-2H3,(H,17,18). The first-order valence-electron chi connectivity index (χ1n) is 5.65. The Balaban J connectivity index is 2.76. The molecule has 0 radical (unpaired) electrons. The summed E-state index contributed by atoms with van der Waals surface area (Å²) in [5.74, 6) is -0.397. The van der Waals surface area contributed by atoms with Crippen molar-refractivity contribution in [2.75, 3.05) is 11.9 Å². The van der Waals surface area contributed by atoms with Crippen molar-refractivity contribution in [1.82, 2.24) is 4.98 Å². The Kier molecular flexibility index (Phi) is 3.41. The van der Waals surface area contributed by atoms with Crippen LogP contribution in [-0.2, 0) is 0 Å². The van der Waals surface area contributed by atoms with Gasteiger partial charge in [0, 0.05) is 17.6 Å². The van der Waals surface area contributed by atoms with Gasteiger partial charge in [-0.25, -0.2) is 18.2 Å². The van der Waals surface area contributed by atoms with Crippen LogP contribution >= 0.6 is 0 Å². The molecule has 0 amide bonds. The quantitative estimate of drug-likeness (QED) is 0.893. The van der Waals surface area contributed by atoms with Gasteiger partial charge in [-0.3, -0.25) is 0 Å². The molecule has 18 heavy (non-hydrogen) atoms. The number of aryl methyl sites for hydroxylation is 1. The molecule has 0 spiro atoms. The Morgan fingerprint density at radius 3 is 2.61 bits per heavy atom. The Labute approximate surface area is 103 Å². The van der Waals surface area contributed by atoms with Crippen molar-refractivity contribution < 1.29 is 13.2 Å². The minimum Gasteiger partial charge on any atom is -0.385 e. The van der Waals surface area contributed by atoms with Crippen LogP contribution in [0.3, 0.4) is 0 Å². The van der Waals surface area contributed by atoms with Gasteiger partial charge in [0.25, 0.3) is 6.43 Å². The maximum absolute atomic E-state index is 13.4. The number of aromatic nitrogens is 1. The van der Waals surface area contributed by atoms with E-state index in [1.807, 2.05) is 6.92 Å². The summed E-state index contributed by atoms with van der Waals surface area (Å²) in [6.07, 6.45) is -2.64. The molecule has 2 aromatic rings. The number of benzene rings is 1. The molecule has 0 bridgehead atoms. The highest BCUT2D eigenvalue weighted by atomic mass is 19.3. The van der Waals surface area contributed by atoms with Crippen LogP contribution in [0.5, 0.6) is 0 Å². The van der Waals surface area contributed by atoms with E-state index in [0.717, 1.165) is 0 Å². The first-order chi connectivity index (χ1) is 8.52. The molecular weight excluding hydrogens is 241 g/mol. The van der Waals surface area contributed by atoms with Gasteiger partial charge in [-0.05, 0) is 37.6 Å². The zero-order valence-electron chi connectivity index (χ0n) is 10.1. The number of anilines is 1. The van der Waals surface area contributed by atoms with Gasteiger partial charge in [-0.15, -0.1) is 0 Å². The molecule has 5 heteroatoms. The zero-order valence-corrected chi connectivity index (χ0v) is 10.1. The van der Waals surface area contributed by atoms with Gasteiger partial charge in [0.15, 0.2) is 0 Å². The van der Waals surface area contributed by atoms with Gasteiger partial charge in [0.1, 0.15) is 11.5 Å². The first kappa shape index (κ1) is 12.7. The van der Waals surface area contributed by atoms with Crippen LogP contribution in [0.15, 0.2) is 18.2 Å². The summed E-state index contributed by atoms with van der Waals surface area (Å²) < 4.78 is 38.9. The number of hydrogen-bond donors (Lipinski definition) is 1. The Bertz CT molecular complexity index is 582. The van der Waals surface area contributed by atoms with Crippen molar-refractivity contribution >= 4 is 16.6 Å². The van der Waals surface area contributed by atoms with E-state index in [1.165, 1.54) is 18.2 Å². The number of alkyl halides is 2. The molecule has 1 aromatic carbocycles. The van der Waals surface area contributed by atoms with Gasteiger partial charge in [-0.2, -0.15) is 0 Å². The van der Waals surface area contributed by atoms with Gasteiger partial charge in [0.2, 0.25) is 0 Å². The summed E-state index contributed by atoms with van der Waals surface area (Å²) >= 11 is 0. The van der Waals surface area contributed by atoms with E-state index in [9.17, 15) is 13.2 Å². The second-order valence-electron chi connectivity index (χ2n) is 4.04. The topological polar surface area (TPSA) is 24.9 Å². The minimum absolute atomic E-state index is 0.298. The summed E-state index contributed by atoms with van der Waals surface area (Å²) in [6.45, 7) is 4.07. The number of halogens is 3. The Morgan fingerprint density at radius 2 is 2.00 bits per heavy atom. The lowest BCUT2D eigenvalue weighted by Gasteiger charge is -2.12. The fourth-order valence-electron chi connectivity index (χ4n) is 1.92. The van der Waals surface area contributed by atoms with E-state index in [0.29, 0.717) is 28.7 Å². The molecule has 0 unspecified atom stereocenters. The minimum atomic E-state index is -2.64. The molecule has 2 rings (SSSR count). The molecule has 1 aromatic heterocycles. The number of hydrogen-bond acceptors (Lipinski definition) is 2. The van der Waals surface area contributed by atoms with Gasteiger partial charge in [-0.1, -0.05) is 0 Å². The molecular formula is C13H13F3N2. The van der Waals surface area contributed by atoms with E-state index in [2.05, 4.69) is 10.3 Å². The van der Waals surface area contributed by atoms with Gasteiger partial charge < -0.3 is 5.32 Å². The lowest BCUT2D eigenvalue weighted by atomic mass is 10.1. The second kappa shape index (κ2) is 4.84. The van der Waals surface area contributed by atoms with Crippen molar-refractivity contribution in [2.24, 2.45) is 0 Å². The number of nitrogens with one attached hydrogen (secondary N) is 1. The van der Waals surface area contributed by atoms with Crippen LogP contribution in [-0.4, -0.2) is 11.5 Å². The SMILES string of the molecule is CCNc1cc(C(F)F)nc2c(C)cc(F)cc12. The average molecular weight is 254 g/mol. The molecule has 96 valence electrons. The van der Waals surface area contributed by atoms with Crippen LogP contribution in [0.2, 0.25) is 0 Å². The maximum Gasteiger partial charge on any atom is 0.280 e. The van der Waals surface area contributed by atoms with Gasteiger partial charge >= 0.3 is 0 Å². The fraction of sp³-hybridized carbons (Fsp3) is 0.308. The molecule has 0 saturated carbocycles. The Hall–Kier alpha value is -1.78. The highest BCUT2D eigenvalue weighted by Crippen LogP contribution is 2.30. The highest BCUT2D eigenvalue weighted by molar-refractivity contribution is 5.93. The molecule has 1 heterocycles. The lowest BCUT2D eigenvalue weighted by molar-refractivity contribution is 0.146. The number of nitrogens with zero attached hydrogens (tertiary/aromatic N) is 1. The largest absolute Gasteiger partial charge is 0.385 e. The van der Waals surface area contributed by atoms with Crippen molar-refractivity contribution in [3.05, 3.63) is 35.3 Å². The highest BCUT2D eigenvalue weighted by Gasteiger charge is 2.14. The molecule has 0 fully saturated rings. The smallest absolute Gasteiger partial charge is 0.280 e. The molecule has 0 atom stereocenters. The van der Waals surface area contributed by atoms with E-state index < -0.39 is 12.2 Å². The first-order valence-corrected chi connectivity index (χ1v) is 5.65. The van der Waals surface area contributed by atoms with E-state index in [4.69, 9.17) is 0 Å². The third kappa shape index (κ3) is 2.25. The Morgan fingerprint density at radius 1 is 1.28 bits per heavy atom. The van der Waals surface area contributed by atoms with Crippen LogP contribution < -0.4 is 5.32 Å². The zero-order chi connectivity index (χ0) is 13.3.